The van der Waals surface area contributed by atoms with Crippen LogP contribution in [0.15, 0.2) is 18.2 Å². The summed E-state index contributed by atoms with van der Waals surface area (Å²) >= 11 is 0. The molecule has 0 saturated heterocycles. The van der Waals surface area contributed by atoms with Crippen molar-refractivity contribution < 1.29 is 19.4 Å². The minimum Gasteiger partial charge on any atom is -0.478 e. The number of hydrogen-bond donors (Lipinski definition) is 2. The Morgan fingerprint density at radius 3 is 2.90 bits per heavy atom. The molecule has 114 valence electrons. The maximum atomic E-state index is 12.2. The average Bonchev–Trinajstić information content (AvgIpc) is 2.46. The van der Waals surface area contributed by atoms with Gasteiger partial charge in [-0.3, -0.25) is 0 Å². The van der Waals surface area contributed by atoms with Gasteiger partial charge in [-0.25, -0.2) is 9.59 Å². The van der Waals surface area contributed by atoms with Crippen molar-refractivity contribution in [2.24, 2.45) is 0 Å². The van der Waals surface area contributed by atoms with E-state index in [-0.39, 0.29) is 12.1 Å². The van der Waals surface area contributed by atoms with Gasteiger partial charge in [0.05, 0.1) is 18.2 Å². The number of rotatable bonds is 4. The number of aromatic carboxylic acids is 1. The van der Waals surface area contributed by atoms with Crippen LogP contribution in [0, 0.1) is 0 Å². The number of ether oxygens (including phenoxy) is 1. The summed E-state index contributed by atoms with van der Waals surface area (Å²) in [5.41, 5.74) is 2.06. The van der Waals surface area contributed by atoms with Gasteiger partial charge in [0.2, 0.25) is 0 Å². The van der Waals surface area contributed by atoms with Gasteiger partial charge >= 0.3 is 12.0 Å². The fourth-order valence-corrected chi connectivity index (χ4v) is 2.58. The Balaban J connectivity index is 2.08. The summed E-state index contributed by atoms with van der Waals surface area (Å²) in [7, 11) is 1.59. The van der Waals surface area contributed by atoms with Gasteiger partial charge in [0.1, 0.15) is 0 Å². The number of carbonyl (C=O) groups excluding carboxylic acids is 1. The summed E-state index contributed by atoms with van der Waals surface area (Å²) in [6.45, 7) is 3.28. The molecule has 6 nitrogen and oxygen atoms in total. The van der Waals surface area contributed by atoms with E-state index in [0.717, 1.165) is 11.1 Å². The van der Waals surface area contributed by atoms with Crippen LogP contribution < -0.4 is 5.32 Å². The van der Waals surface area contributed by atoms with E-state index in [1.807, 2.05) is 13.0 Å². The van der Waals surface area contributed by atoms with Gasteiger partial charge in [0.15, 0.2) is 0 Å². The van der Waals surface area contributed by atoms with Crippen LogP contribution >= 0.6 is 0 Å². The lowest BCUT2D eigenvalue weighted by Gasteiger charge is -2.30. The van der Waals surface area contributed by atoms with Crippen molar-refractivity contribution in [3.63, 3.8) is 0 Å². The first-order valence-electron chi connectivity index (χ1n) is 6.91. The number of hydrogen-bond acceptors (Lipinski definition) is 3. The number of carboxylic acid groups (broad SMARTS) is 1. The maximum Gasteiger partial charge on any atom is 0.335 e. The van der Waals surface area contributed by atoms with Gasteiger partial charge in [0, 0.05) is 20.2 Å². The predicted molar refractivity (Wildman–Crippen MR) is 77.4 cm³/mol. The van der Waals surface area contributed by atoms with Crippen LogP contribution in [-0.4, -0.2) is 48.3 Å². The number of carbonyl (C=O) groups is 2. The van der Waals surface area contributed by atoms with Crippen molar-refractivity contribution in [2.45, 2.75) is 25.9 Å². The topological polar surface area (TPSA) is 78.9 Å². The highest BCUT2D eigenvalue weighted by Crippen LogP contribution is 2.22. The van der Waals surface area contributed by atoms with E-state index in [2.05, 4.69) is 5.32 Å². The van der Waals surface area contributed by atoms with Crippen LogP contribution in [0.1, 0.15) is 28.4 Å². The number of amides is 2. The Kier molecular flexibility index (Phi) is 4.80. The molecule has 0 radical (unpaired) electrons. The molecule has 1 aliphatic rings. The third kappa shape index (κ3) is 3.52. The molecule has 1 aromatic rings. The Bertz CT molecular complexity index is 544. The highest BCUT2D eigenvalue weighted by molar-refractivity contribution is 5.90. The number of urea groups is 1. The van der Waals surface area contributed by atoms with Gasteiger partial charge in [0.25, 0.3) is 0 Å². The summed E-state index contributed by atoms with van der Waals surface area (Å²) in [5.74, 6) is -0.918. The van der Waals surface area contributed by atoms with Crippen LogP contribution in [0.5, 0.6) is 0 Å². The molecule has 2 amide bonds. The molecule has 0 aromatic heterocycles. The van der Waals surface area contributed by atoms with Crippen LogP contribution in [0.25, 0.3) is 0 Å². The van der Waals surface area contributed by atoms with E-state index < -0.39 is 5.97 Å². The third-order valence-electron chi connectivity index (χ3n) is 3.57. The number of nitrogens with one attached hydrogen (secondary N) is 1. The smallest absolute Gasteiger partial charge is 0.335 e. The average molecular weight is 292 g/mol. The normalized spacial score (nSPS) is 15.2. The molecule has 1 aliphatic heterocycles. The molecule has 0 fully saturated rings. The highest BCUT2D eigenvalue weighted by Gasteiger charge is 2.24. The van der Waals surface area contributed by atoms with E-state index in [9.17, 15) is 14.7 Å². The summed E-state index contributed by atoms with van der Waals surface area (Å²) in [4.78, 5) is 25.0. The van der Waals surface area contributed by atoms with E-state index in [0.29, 0.717) is 31.7 Å². The summed E-state index contributed by atoms with van der Waals surface area (Å²) in [6, 6.07) is 4.99. The van der Waals surface area contributed by atoms with Crippen LogP contribution in [-0.2, 0) is 17.7 Å². The third-order valence-corrected chi connectivity index (χ3v) is 3.57. The lowest BCUT2D eigenvalue weighted by molar-refractivity contribution is 0.0695. The molecule has 21 heavy (non-hydrogen) atoms. The molecule has 0 saturated carbocycles. The van der Waals surface area contributed by atoms with E-state index in [4.69, 9.17) is 4.74 Å². The Morgan fingerprint density at radius 2 is 2.24 bits per heavy atom. The van der Waals surface area contributed by atoms with Crippen molar-refractivity contribution >= 4 is 12.0 Å². The highest BCUT2D eigenvalue weighted by atomic mass is 16.5. The van der Waals surface area contributed by atoms with Crippen molar-refractivity contribution in [3.8, 4) is 0 Å². The van der Waals surface area contributed by atoms with Crippen LogP contribution in [0.3, 0.4) is 0 Å². The standard InChI is InChI=1S/C15H20N2O4/c1-10(9-21-2)16-15(20)17-7-6-12-11(8-17)4-3-5-13(12)14(18)19/h3-5,10H,6-9H2,1-2H3,(H,16,20)(H,18,19). The molecule has 1 aromatic carbocycles. The van der Waals surface area contributed by atoms with E-state index in [1.54, 1.807) is 24.1 Å². The summed E-state index contributed by atoms with van der Waals surface area (Å²) < 4.78 is 4.99. The second kappa shape index (κ2) is 6.58. The first-order valence-corrected chi connectivity index (χ1v) is 6.91. The predicted octanol–water partition coefficient (Wildman–Crippen LogP) is 1.49. The Labute approximate surface area is 123 Å². The fourth-order valence-electron chi connectivity index (χ4n) is 2.58. The SMILES string of the molecule is COCC(C)NC(=O)N1CCc2c(cccc2C(=O)O)C1. The van der Waals surface area contributed by atoms with Crippen LogP contribution in [0.4, 0.5) is 4.79 Å². The molecule has 6 heteroatoms. The van der Waals surface area contributed by atoms with Crippen molar-refractivity contribution in [1.29, 1.82) is 0 Å². The summed E-state index contributed by atoms with van der Waals surface area (Å²) in [5, 5.41) is 12.1. The molecule has 2 rings (SSSR count). The van der Waals surface area contributed by atoms with E-state index >= 15 is 0 Å². The molecule has 1 unspecified atom stereocenters. The zero-order valence-corrected chi connectivity index (χ0v) is 12.3. The minimum absolute atomic E-state index is 0.0609. The number of benzene rings is 1. The lowest BCUT2D eigenvalue weighted by atomic mass is 9.94. The molecular weight excluding hydrogens is 272 g/mol. The van der Waals surface area contributed by atoms with Gasteiger partial charge in [-0.2, -0.15) is 0 Å². The minimum atomic E-state index is -0.918. The number of carboxylic acids is 1. The van der Waals surface area contributed by atoms with Crippen LogP contribution in [0.2, 0.25) is 0 Å². The zero-order chi connectivity index (χ0) is 15.4. The monoisotopic (exact) mass is 292 g/mol. The van der Waals surface area contributed by atoms with Crippen molar-refractivity contribution in [3.05, 3.63) is 34.9 Å². The molecule has 0 spiro atoms. The quantitative estimate of drug-likeness (QED) is 0.881. The fraction of sp³-hybridized carbons (Fsp3) is 0.467. The molecule has 0 aliphatic carbocycles. The second-order valence-electron chi connectivity index (χ2n) is 5.23. The molecule has 1 atom stereocenters. The first kappa shape index (κ1) is 15.3. The van der Waals surface area contributed by atoms with Gasteiger partial charge < -0.3 is 20.1 Å². The number of methoxy groups -OCH3 is 1. The molecule has 1 heterocycles. The molecular formula is C15H20N2O4. The van der Waals surface area contributed by atoms with E-state index in [1.165, 1.54) is 0 Å². The first-order chi connectivity index (χ1) is 10.0. The zero-order valence-electron chi connectivity index (χ0n) is 12.3. The van der Waals surface area contributed by atoms with Crippen molar-refractivity contribution in [2.75, 3.05) is 20.3 Å². The number of nitrogens with zero attached hydrogens (tertiary/aromatic N) is 1. The van der Waals surface area contributed by atoms with Gasteiger partial charge in [-0.05, 0) is 30.5 Å². The molecule has 0 bridgehead atoms. The Morgan fingerprint density at radius 1 is 1.48 bits per heavy atom. The maximum absolute atomic E-state index is 12.2. The molecule has 2 N–H and O–H groups in total. The largest absolute Gasteiger partial charge is 0.478 e. The number of fused-ring (bicyclic) bond motifs is 1. The van der Waals surface area contributed by atoms with Gasteiger partial charge in [-0.1, -0.05) is 12.1 Å². The lowest BCUT2D eigenvalue weighted by Crippen LogP contribution is -2.47. The Hall–Kier alpha value is -2.08. The second-order valence-corrected chi connectivity index (χ2v) is 5.23. The van der Waals surface area contributed by atoms with Gasteiger partial charge in [-0.15, -0.1) is 0 Å². The summed E-state index contributed by atoms with van der Waals surface area (Å²) in [6.07, 6.45) is 0.559. The van der Waals surface area contributed by atoms with Crippen molar-refractivity contribution in [1.82, 2.24) is 10.2 Å².